The van der Waals surface area contributed by atoms with Gasteiger partial charge in [0.1, 0.15) is 0 Å². The largest absolute Gasteiger partial charge is 0.465 e. The highest BCUT2D eigenvalue weighted by Gasteiger charge is 2.05. The summed E-state index contributed by atoms with van der Waals surface area (Å²) in [5.41, 5.74) is 1.44. The lowest BCUT2D eigenvalue weighted by molar-refractivity contribution is -0.121. The number of carbonyl (C=O) groups excluding carboxylic acids is 2. The summed E-state index contributed by atoms with van der Waals surface area (Å²) in [5.74, 6) is -0.393. The third-order valence-electron chi connectivity index (χ3n) is 2.32. The fourth-order valence-electron chi connectivity index (χ4n) is 1.42. The molecular formula is C13H18N2O3. The van der Waals surface area contributed by atoms with Crippen molar-refractivity contribution in [3.8, 4) is 0 Å². The summed E-state index contributed by atoms with van der Waals surface area (Å²) in [6.45, 7) is 0.814. The molecule has 0 spiro atoms. The molecule has 1 aromatic rings. The summed E-state index contributed by atoms with van der Waals surface area (Å²) in [6, 6.07) is 6.95. The predicted octanol–water partition coefficient (Wildman–Crippen LogP) is 0.651. The number of nitrogens with zero attached hydrogens (tertiary/aromatic N) is 1. The van der Waals surface area contributed by atoms with Gasteiger partial charge in [0.15, 0.2) is 0 Å². The second-order valence-corrected chi connectivity index (χ2v) is 4.20. The molecule has 0 saturated carbocycles. The topological polar surface area (TPSA) is 58.6 Å². The lowest BCUT2D eigenvalue weighted by Gasteiger charge is -2.10. The van der Waals surface area contributed by atoms with Crippen LogP contribution in [0.15, 0.2) is 24.3 Å². The number of rotatable bonds is 5. The van der Waals surface area contributed by atoms with Crippen molar-refractivity contribution in [3.05, 3.63) is 35.4 Å². The smallest absolute Gasteiger partial charge is 0.337 e. The highest BCUT2D eigenvalue weighted by Crippen LogP contribution is 2.05. The van der Waals surface area contributed by atoms with Gasteiger partial charge in [-0.1, -0.05) is 12.1 Å². The minimum absolute atomic E-state index is 0.0305. The summed E-state index contributed by atoms with van der Waals surface area (Å²) in [4.78, 5) is 24.4. The number of methoxy groups -OCH3 is 1. The van der Waals surface area contributed by atoms with Gasteiger partial charge >= 0.3 is 5.97 Å². The normalized spacial score (nSPS) is 10.2. The first kappa shape index (κ1) is 14.2. The number of hydrogen-bond acceptors (Lipinski definition) is 4. The van der Waals surface area contributed by atoms with Crippen molar-refractivity contribution in [1.29, 1.82) is 0 Å². The molecule has 0 atom stereocenters. The molecule has 0 fully saturated rings. The number of benzene rings is 1. The maximum atomic E-state index is 11.4. The van der Waals surface area contributed by atoms with E-state index in [-0.39, 0.29) is 11.9 Å². The number of esters is 1. The molecule has 5 nitrogen and oxygen atoms in total. The highest BCUT2D eigenvalue weighted by atomic mass is 16.5. The van der Waals surface area contributed by atoms with Crippen LogP contribution in [0.3, 0.4) is 0 Å². The maximum Gasteiger partial charge on any atom is 0.337 e. The lowest BCUT2D eigenvalue weighted by Crippen LogP contribution is -2.32. The van der Waals surface area contributed by atoms with Crippen molar-refractivity contribution in [2.45, 2.75) is 6.54 Å². The van der Waals surface area contributed by atoms with E-state index in [2.05, 4.69) is 10.1 Å². The van der Waals surface area contributed by atoms with Crippen LogP contribution in [0, 0.1) is 0 Å². The predicted molar refractivity (Wildman–Crippen MR) is 68.2 cm³/mol. The van der Waals surface area contributed by atoms with Gasteiger partial charge in [0, 0.05) is 6.54 Å². The van der Waals surface area contributed by atoms with E-state index >= 15 is 0 Å². The van der Waals surface area contributed by atoms with Crippen LogP contribution >= 0.6 is 0 Å². The van der Waals surface area contributed by atoms with Crippen LogP contribution in [0.25, 0.3) is 0 Å². The van der Waals surface area contributed by atoms with Gasteiger partial charge in [0.2, 0.25) is 5.91 Å². The molecule has 0 radical (unpaired) electrons. The van der Waals surface area contributed by atoms with Crippen LogP contribution in [-0.4, -0.2) is 44.5 Å². The zero-order valence-corrected chi connectivity index (χ0v) is 10.9. The Bertz CT molecular complexity index is 413. The van der Waals surface area contributed by atoms with Crippen LogP contribution in [0.2, 0.25) is 0 Å². The molecule has 0 aliphatic heterocycles. The summed E-state index contributed by atoms with van der Waals surface area (Å²) >= 11 is 0. The van der Waals surface area contributed by atoms with Crippen LogP contribution in [0.5, 0.6) is 0 Å². The average molecular weight is 250 g/mol. The number of nitrogens with one attached hydrogen (secondary N) is 1. The Kier molecular flexibility index (Phi) is 5.32. The molecule has 5 heteroatoms. The first-order valence-electron chi connectivity index (χ1n) is 5.61. The molecule has 1 rings (SSSR count). The van der Waals surface area contributed by atoms with Crippen molar-refractivity contribution in [1.82, 2.24) is 10.2 Å². The molecule has 0 saturated heterocycles. The third-order valence-corrected chi connectivity index (χ3v) is 2.32. The van der Waals surface area contributed by atoms with E-state index < -0.39 is 0 Å². The van der Waals surface area contributed by atoms with Gasteiger partial charge in [-0.05, 0) is 31.8 Å². The van der Waals surface area contributed by atoms with E-state index in [1.807, 2.05) is 14.1 Å². The fraction of sp³-hybridized carbons (Fsp3) is 0.385. The van der Waals surface area contributed by atoms with Gasteiger partial charge in [0.05, 0.1) is 19.2 Å². The van der Waals surface area contributed by atoms with Crippen molar-refractivity contribution >= 4 is 11.9 Å². The van der Waals surface area contributed by atoms with Crippen LogP contribution < -0.4 is 5.32 Å². The average Bonchev–Trinajstić information content (AvgIpc) is 2.35. The van der Waals surface area contributed by atoms with Crippen molar-refractivity contribution in [2.75, 3.05) is 27.7 Å². The minimum Gasteiger partial charge on any atom is -0.465 e. The molecule has 18 heavy (non-hydrogen) atoms. The standard InChI is InChI=1S/C13H18N2O3/c1-15(2)9-12(16)14-8-10-4-6-11(7-5-10)13(17)18-3/h4-7H,8-9H2,1-3H3,(H,14,16). The highest BCUT2D eigenvalue weighted by molar-refractivity contribution is 5.89. The number of carbonyl (C=O) groups is 2. The van der Waals surface area contributed by atoms with Crippen molar-refractivity contribution in [2.24, 2.45) is 0 Å². The molecule has 0 heterocycles. The number of hydrogen-bond donors (Lipinski definition) is 1. The first-order valence-corrected chi connectivity index (χ1v) is 5.61. The molecule has 0 aliphatic rings. The van der Waals surface area contributed by atoms with E-state index in [1.165, 1.54) is 7.11 Å². The molecular weight excluding hydrogens is 232 g/mol. The van der Waals surface area contributed by atoms with Gasteiger partial charge in [-0.3, -0.25) is 4.79 Å². The van der Waals surface area contributed by atoms with Crippen LogP contribution in [-0.2, 0) is 16.1 Å². The van der Waals surface area contributed by atoms with Gasteiger partial charge in [0.25, 0.3) is 0 Å². The summed E-state index contributed by atoms with van der Waals surface area (Å²) in [7, 11) is 5.02. The van der Waals surface area contributed by atoms with E-state index in [0.717, 1.165) is 5.56 Å². The lowest BCUT2D eigenvalue weighted by atomic mass is 10.1. The Morgan fingerprint density at radius 3 is 2.33 bits per heavy atom. The summed E-state index contributed by atoms with van der Waals surface area (Å²) in [6.07, 6.45) is 0. The van der Waals surface area contributed by atoms with Gasteiger partial charge < -0.3 is 15.0 Å². The molecule has 0 unspecified atom stereocenters. The quantitative estimate of drug-likeness (QED) is 0.780. The third kappa shape index (κ3) is 4.55. The van der Waals surface area contributed by atoms with E-state index in [9.17, 15) is 9.59 Å². The fourth-order valence-corrected chi connectivity index (χ4v) is 1.42. The first-order chi connectivity index (χ1) is 8.52. The minimum atomic E-state index is -0.363. The second kappa shape index (κ2) is 6.76. The zero-order valence-electron chi connectivity index (χ0n) is 10.9. The molecule has 1 aromatic carbocycles. The molecule has 1 N–H and O–H groups in total. The summed E-state index contributed by atoms with van der Waals surface area (Å²) < 4.78 is 4.60. The Morgan fingerprint density at radius 1 is 1.22 bits per heavy atom. The van der Waals surface area contributed by atoms with Crippen LogP contribution in [0.1, 0.15) is 15.9 Å². The van der Waals surface area contributed by atoms with Gasteiger partial charge in [-0.15, -0.1) is 0 Å². The molecule has 1 amide bonds. The Hall–Kier alpha value is -1.88. The molecule has 0 bridgehead atoms. The van der Waals surface area contributed by atoms with Crippen molar-refractivity contribution in [3.63, 3.8) is 0 Å². The van der Waals surface area contributed by atoms with E-state index in [4.69, 9.17) is 0 Å². The van der Waals surface area contributed by atoms with Crippen LogP contribution in [0.4, 0.5) is 0 Å². The van der Waals surface area contributed by atoms with E-state index in [1.54, 1.807) is 29.2 Å². The van der Waals surface area contributed by atoms with Gasteiger partial charge in [-0.25, -0.2) is 4.79 Å². The zero-order chi connectivity index (χ0) is 13.5. The maximum absolute atomic E-state index is 11.4. The molecule has 98 valence electrons. The number of ether oxygens (including phenoxy) is 1. The Labute approximate surface area is 107 Å². The Balaban J connectivity index is 2.49. The number of likely N-dealkylation sites (N-methyl/N-ethyl adjacent to an activating group) is 1. The number of amides is 1. The molecule has 0 aromatic heterocycles. The van der Waals surface area contributed by atoms with Gasteiger partial charge in [-0.2, -0.15) is 0 Å². The molecule has 0 aliphatic carbocycles. The second-order valence-electron chi connectivity index (χ2n) is 4.20. The van der Waals surface area contributed by atoms with E-state index in [0.29, 0.717) is 18.7 Å². The SMILES string of the molecule is COC(=O)c1ccc(CNC(=O)CN(C)C)cc1. The summed E-state index contributed by atoms with van der Waals surface area (Å²) in [5, 5.41) is 2.80. The monoisotopic (exact) mass is 250 g/mol. The van der Waals surface area contributed by atoms with Crippen molar-refractivity contribution < 1.29 is 14.3 Å². The Morgan fingerprint density at radius 2 is 1.83 bits per heavy atom.